The monoisotopic (exact) mass is 500 g/mol. The lowest BCUT2D eigenvalue weighted by Gasteiger charge is -2.48. The molecule has 192 valence electrons. The number of ether oxygens (including phenoxy) is 2. The molecule has 0 heterocycles. The van der Waals surface area contributed by atoms with Gasteiger partial charge in [-0.25, -0.2) is 4.79 Å². The molecule has 1 fully saturated rings. The van der Waals surface area contributed by atoms with Gasteiger partial charge in [-0.3, -0.25) is 9.59 Å². The SMILES string of the molecule is CCC(=O)N(Cc1ccc(OC)cc1)C1(C(=O)Nc2ccccc2OC(=O)c2ccc(C)cc2)CCC1. The van der Waals surface area contributed by atoms with E-state index in [1.54, 1.807) is 55.3 Å². The van der Waals surface area contributed by atoms with Crippen LogP contribution in [0.3, 0.4) is 0 Å². The van der Waals surface area contributed by atoms with Gasteiger partial charge >= 0.3 is 5.97 Å². The van der Waals surface area contributed by atoms with Crippen LogP contribution >= 0.6 is 0 Å². The molecule has 1 aliphatic rings. The maximum absolute atomic E-state index is 13.7. The van der Waals surface area contributed by atoms with Crippen molar-refractivity contribution in [2.75, 3.05) is 12.4 Å². The third-order valence-corrected chi connectivity index (χ3v) is 6.85. The maximum Gasteiger partial charge on any atom is 0.343 e. The number of anilines is 1. The van der Waals surface area contributed by atoms with E-state index < -0.39 is 11.5 Å². The number of hydrogen-bond acceptors (Lipinski definition) is 5. The first-order valence-corrected chi connectivity index (χ1v) is 12.5. The number of nitrogens with zero attached hydrogens (tertiary/aromatic N) is 1. The highest BCUT2D eigenvalue weighted by Crippen LogP contribution is 2.41. The predicted molar refractivity (Wildman–Crippen MR) is 142 cm³/mol. The number of rotatable bonds is 9. The van der Waals surface area contributed by atoms with E-state index in [0.717, 1.165) is 23.3 Å². The topological polar surface area (TPSA) is 84.9 Å². The summed E-state index contributed by atoms with van der Waals surface area (Å²) in [6.45, 7) is 4.05. The van der Waals surface area contributed by atoms with Crippen molar-refractivity contribution in [1.29, 1.82) is 0 Å². The van der Waals surface area contributed by atoms with E-state index >= 15 is 0 Å². The number of carbonyl (C=O) groups excluding carboxylic acids is 3. The van der Waals surface area contributed by atoms with E-state index in [1.807, 2.05) is 43.3 Å². The summed E-state index contributed by atoms with van der Waals surface area (Å²) in [6, 6.07) is 21.4. The molecule has 1 saturated carbocycles. The molecule has 0 atom stereocenters. The van der Waals surface area contributed by atoms with Crippen molar-refractivity contribution >= 4 is 23.5 Å². The second-order valence-corrected chi connectivity index (χ2v) is 9.27. The van der Waals surface area contributed by atoms with Crippen molar-refractivity contribution in [3.63, 3.8) is 0 Å². The summed E-state index contributed by atoms with van der Waals surface area (Å²) in [5, 5.41) is 2.95. The normalized spacial score (nSPS) is 13.7. The molecular formula is C30H32N2O5. The lowest BCUT2D eigenvalue weighted by molar-refractivity contribution is -0.152. The number of amides is 2. The quantitative estimate of drug-likeness (QED) is 0.309. The minimum atomic E-state index is -0.971. The van der Waals surface area contributed by atoms with Gasteiger partial charge in [0.25, 0.3) is 0 Å². The molecule has 0 bridgehead atoms. The minimum Gasteiger partial charge on any atom is -0.497 e. The molecule has 7 heteroatoms. The lowest BCUT2D eigenvalue weighted by Crippen LogP contribution is -2.62. The van der Waals surface area contributed by atoms with Crippen LogP contribution < -0.4 is 14.8 Å². The molecule has 1 N–H and O–H groups in total. The van der Waals surface area contributed by atoms with Gasteiger partial charge in [0, 0.05) is 13.0 Å². The Balaban J connectivity index is 1.56. The molecule has 0 unspecified atom stereocenters. The first-order valence-electron chi connectivity index (χ1n) is 12.5. The van der Waals surface area contributed by atoms with Crippen LogP contribution in [0.5, 0.6) is 11.5 Å². The van der Waals surface area contributed by atoms with E-state index in [9.17, 15) is 14.4 Å². The number of nitrogens with one attached hydrogen (secondary N) is 1. The van der Waals surface area contributed by atoms with E-state index in [0.29, 0.717) is 30.6 Å². The van der Waals surface area contributed by atoms with Crippen LogP contribution in [0.25, 0.3) is 0 Å². The molecule has 0 spiro atoms. The fourth-order valence-corrected chi connectivity index (χ4v) is 4.46. The number of aryl methyl sites for hydroxylation is 1. The summed E-state index contributed by atoms with van der Waals surface area (Å²) in [7, 11) is 1.60. The van der Waals surface area contributed by atoms with Crippen LogP contribution in [0.4, 0.5) is 5.69 Å². The summed E-state index contributed by atoms with van der Waals surface area (Å²) in [6.07, 6.45) is 2.25. The zero-order chi connectivity index (χ0) is 26.4. The fourth-order valence-electron chi connectivity index (χ4n) is 4.46. The zero-order valence-electron chi connectivity index (χ0n) is 21.5. The Morgan fingerprint density at radius 1 is 0.946 bits per heavy atom. The van der Waals surface area contributed by atoms with Gasteiger partial charge < -0.3 is 19.7 Å². The molecule has 0 aliphatic heterocycles. The van der Waals surface area contributed by atoms with Crippen LogP contribution in [0, 0.1) is 6.92 Å². The average molecular weight is 501 g/mol. The third kappa shape index (κ3) is 5.66. The molecule has 0 radical (unpaired) electrons. The second kappa shape index (κ2) is 11.3. The summed E-state index contributed by atoms with van der Waals surface area (Å²) in [4.78, 5) is 41.2. The van der Waals surface area contributed by atoms with Gasteiger partial charge in [-0.2, -0.15) is 0 Å². The molecule has 7 nitrogen and oxygen atoms in total. The summed E-state index contributed by atoms with van der Waals surface area (Å²) < 4.78 is 10.9. The van der Waals surface area contributed by atoms with E-state index in [-0.39, 0.29) is 24.0 Å². The fraction of sp³-hybridized carbons (Fsp3) is 0.300. The predicted octanol–water partition coefficient (Wildman–Crippen LogP) is 5.52. The maximum atomic E-state index is 13.7. The molecule has 1 aliphatic carbocycles. The van der Waals surface area contributed by atoms with Crippen LogP contribution in [0.1, 0.15) is 54.1 Å². The van der Waals surface area contributed by atoms with Crippen LogP contribution in [0.2, 0.25) is 0 Å². The molecule has 37 heavy (non-hydrogen) atoms. The Kier molecular flexibility index (Phi) is 7.92. The van der Waals surface area contributed by atoms with Gasteiger partial charge in [0.15, 0.2) is 5.75 Å². The number of esters is 1. The average Bonchev–Trinajstić information content (AvgIpc) is 2.89. The molecule has 3 aromatic carbocycles. The van der Waals surface area contributed by atoms with E-state index in [1.165, 1.54) is 0 Å². The van der Waals surface area contributed by atoms with E-state index in [2.05, 4.69) is 5.32 Å². The first-order chi connectivity index (χ1) is 17.9. The highest BCUT2D eigenvalue weighted by atomic mass is 16.5. The van der Waals surface area contributed by atoms with Crippen LogP contribution in [-0.4, -0.2) is 35.3 Å². The van der Waals surface area contributed by atoms with Crippen LogP contribution in [-0.2, 0) is 16.1 Å². The third-order valence-electron chi connectivity index (χ3n) is 6.85. The smallest absolute Gasteiger partial charge is 0.343 e. The van der Waals surface area contributed by atoms with E-state index in [4.69, 9.17) is 9.47 Å². The van der Waals surface area contributed by atoms with Gasteiger partial charge in [-0.1, -0.05) is 48.9 Å². The van der Waals surface area contributed by atoms with Crippen molar-refractivity contribution in [2.45, 2.75) is 51.6 Å². The zero-order valence-corrected chi connectivity index (χ0v) is 21.5. The van der Waals surface area contributed by atoms with Crippen LogP contribution in [0.15, 0.2) is 72.8 Å². The molecule has 2 amide bonds. The summed E-state index contributed by atoms with van der Waals surface area (Å²) in [5.41, 5.74) is 1.78. The number of para-hydroxylation sites is 2. The highest BCUT2D eigenvalue weighted by molar-refractivity contribution is 6.02. The molecule has 3 aromatic rings. The van der Waals surface area contributed by atoms with Crippen molar-refractivity contribution in [3.05, 3.63) is 89.5 Å². The van der Waals surface area contributed by atoms with Gasteiger partial charge in [0.2, 0.25) is 11.8 Å². The van der Waals surface area contributed by atoms with Crippen molar-refractivity contribution in [1.82, 2.24) is 4.90 Å². The van der Waals surface area contributed by atoms with Crippen molar-refractivity contribution in [3.8, 4) is 11.5 Å². The Morgan fingerprint density at radius 2 is 1.62 bits per heavy atom. The Labute approximate surface area is 217 Å². The van der Waals surface area contributed by atoms with Gasteiger partial charge in [0.1, 0.15) is 11.3 Å². The number of methoxy groups -OCH3 is 1. The summed E-state index contributed by atoms with van der Waals surface area (Å²) >= 11 is 0. The standard InChI is InChI=1S/C30H32N2O5/c1-4-27(33)32(20-22-12-16-24(36-3)17-13-22)30(18-7-19-30)29(35)31-25-8-5-6-9-26(25)37-28(34)23-14-10-21(2)11-15-23/h5-6,8-17H,4,7,18-20H2,1-3H3,(H,31,35). The van der Waals surface area contributed by atoms with Gasteiger partial charge in [0.05, 0.1) is 18.4 Å². The van der Waals surface area contributed by atoms with Crippen molar-refractivity contribution < 1.29 is 23.9 Å². The Bertz CT molecular complexity index is 1260. The van der Waals surface area contributed by atoms with Gasteiger partial charge in [-0.05, 0) is 68.1 Å². The molecule has 0 aromatic heterocycles. The molecule has 4 rings (SSSR count). The summed E-state index contributed by atoms with van der Waals surface area (Å²) in [5.74, 6) is 0.0874. The largest absolute Gasteiger partial charge is 0.497 e. The second-order valence-electron chi connectivity index (χ2n) is 9.27. The number of carbonyl (C=O) groups is 3. The minimum absolute atomic E-state index is 0.0928. The first kappa shape index (κ1) is 25.9. The number of benzene rings is 3. The Morgan fingerprint density at radius 3 is 2.22 bits per heavy atom. The van der Waals surface area contributed by atoms with Gasteiger partial charge in [-0.15, -0.1) is 0 Å². The molecular weight excluding hydrogens is 468 g/mol. The number of hydrogen-bond donors (Lipinski definition) is 1. The molecule has 0 saturated heterocycles. The Hall–Kier alpha value is -4.13. The van der Waals surface area contributed by atoms with Crippen molar-refractivity contribution in [2.24, 2.45) is 0 Å². The lowest BCUT2D eigenvalue weighted by atomic mass is 9.74. The highest BCUT2D eigenvalue weighted by Gasteiger charge is 2.50.